The molecule has 2 aliphatic rings. The van der Waals surface area contributed by atoms with E-state index in [1.165, 1.54) is 7.11 Å². The van der Waals surface area contributed by atoms with Crippen molar-refractivity contribution < 1.29 is 33.2 Å². The fourth-order valence-electron chi connectivity index (χ4n) is 4.61. The molecule has 2 aromatic carbocycles. The monoisotopic (exact) mass is 429 g/mol. The van der Waals surface area contributed by atoms with Crippen LogP contribution in [0, 0.1) is 0 Å². The van der Waals surface area contributed by atoms with Crippen molar-refractivity contribution in [3.05, 3.63) is 40.5 Å². The number of fused-ring (bicyclic) bond motifs is 2. The molecule has 4 rings (SSSR count). The van der Waals surface area contributed by atoms with E-state index in [2.05, 4.69) is 4.90 Å². The van der Waals surface area contributed by atoms with Crippen molar-refractivity contribution in [2.45, 2.75) is 18.6 Å². The molecular weight excluding hydrogens is 402 g/mol. The molecule has 0 aliphatic carbocycles. The van der Waals surface area contributed by atoms with E-state index in [1.807, 2.05) is 19.2 Å². The van der Waals surface area contributed by atoms with Crippen LogP contribution in [0.5, 0.6) is 28.7 Å². The molecule has 0 spiro atoms. The minimum absolute atomic E-state index is 0.160. The molecule has 0 saturated carbocycles. The van der Waals surface area contributed by atoms with Crippen molar-refractivity contribution in [2.24, 2.45) is 0 Å². The van der Waals surface area contributed by atoms with Gasteiger partial charge in [0, 0.05) is 19.2 Å². The number of hydrogen-bond donors (Lipinski definition) is 0. The van der Waals surface area contributed by atoms with Gasteiger partial charge in [-0.25, -0.2) is 0 Å². The van der Waals surface area contributed by atoms with E-state index in [0.717, 1.165) is 30.4 Å². The SMILES string of the molecule is COc1ccc(C(OC)C2c3c(cc4c(c3OC)OCO4)CCN2C)c(C=O)c1OC. The normalized spacial score (nSPS) is 18.3. The molecular formula is C23H27NO7. The summed E-state index contributed by atoms with van der Waals surface area (Å²) >= 11 is 0. The van der Waals surface area contributed by atoms with Gasteiger partial charge in [0.15, 0.2) is 29.3 Å². The van der Waals surface area contributed by atoms with Crippen LogP contribution in [0.2, 0.25) is 0 Å². The summed E-state index contributed by atoms with van der Waals surface area (Å²) in [5.74, 6) is 2.79. The van der Waals surface area contributed by atoms with Crippen LogP contribution < -0.4 is 23.7 Å². The third kappa shape index (κ3) is 3.36. The number of benzene rings is 2. The van der Waals surface area contributed by atoms with Gasteiger partial charge in [-0.2, -0.15) is 0 Å². The molecule has 2 aromatic rings. The van der Waals surface area contributed by atoms with E-state index >= 15 is 0 Å². The van der Waals surface area contributed by atoms with Crippen molar-refractivity contribution >= 4 is 6.29 Å². The number of rotatable bonds is 7. The number of likely N-dealkylation sites (N-methyl/N-ethyl adjacent to an activating group) is 1. The smallest absolute Gasteiger partial charge is 0.231 e. The summed E-state index contributed by atoms with van der Waals surface area (Å²) in [4.78, 5) is 14.3. The molecule has 2 unspecified atom stereocenters. The highest BCUT2D eigenvalue weighted by Crippen LogP contribution is 2.53. The Morgan fingerprint density at radius 1 is 1.10 bits per heavy atom. The molecule has 31 heavy (non-hydrogen) atoms. The fraction of sp³-hybridized carbons (Fsp3) is 0.435. The van der Waals surface area contributed by atoms with Gasteiger partial charge in [-0.1, -0.05) is 6.07 Å². The first-order chi connectivity index (χ1) is 15.1. The highest BCUT2D eigenvalue weighted by molar-refractivity contribution is 5.84. The minimum atomic E-state index is -0.474. The van der Waals surface area contributed by atoms with Crippen LogP contribution in [0.3, 0.4) is 0 Å². The van der Waals surface area contributed by atoms with Gasteiger partial charge in [0.05, 0.1) is 32.9 Å². The number of aldehydes is 1. The Morgan fingerprint density at radius 3 is 2.52 bits per heavy atom. The second kappa shape index (κ2) is 8.64. The van der Waals surface area contributed by atoms with E-state index in [-0.39, 0.29) is 12.8 Å². The van der Waals surface area contributed by atoms with Crippen molar-refractivity contribution in [3.63, 3.8) is 0 Å². The standard InChI is InChI=1S/C23H27NO7/c1-24-9-8-13-10-17-22(31-12-30-17)23(29-5)18(13)19(24)21(28-4)14-6-7-16(26-2)20(27-3)15(14)11-25/h6-7,10-11,19,21H,8-9,12H2,1-5H3. The Kier molecular flexibility index (Phi) is 5.93. The van der Waals surface area contributed by atoms with E-state index in [4.69, 9.17) is 28.4 Å². The molecule has 0 radical (unpaired) electrons. The third-order valence-electron chi connectivity index (χ3n) is 6.04. The summed E-state index contributed by atoms with van der Waals surface area (Å²) in [5, 5.41) is 0. The average molecular weight is 429 g/mol. The molecule has 0 bridgehead atoms. The molecule has 2 atom stereocenters. The van der Waals surface area contributed by atoms with Crippen LogP contribution in [-0.4, -0.2) is 60.0 Å². The van der Waals surface area contributed by atoms with Crippen LogP contribution in [0.1, 0.15) is 39.2 Å². The topological polar surface area (TPSA) is 75.7 Å². The second-order valence-corrected chi connectivity index (χ2v) is 7.47. The highest BCUT2D eigenvalue weighted by atomic mass is 16.7. The summed E-state index contributed by atoms with van der Waals surface area (Å²) in [5.41, 5.74) is 3.19. The Balaban J connectivity index is 1.91. The summed E-state index contributed by atoms with van der Waals surface area (Å²) in [7, 11) is 8.35. The Morgan fingerprint density at radius 2 is 1.87 bits per heavy atom. The van der Waals surface area contributed by atoms with Gasteiger partial charge in [0.25, 0.3) is 0 Å². The maximum absolute atomic E-state index is 12.1. The molecule has 8 heteroatoms. The molecule has 0 saturated heterocycles. The lowest BCUT2D eigenvalue weighted by Crippen LogP contribution is -2.37. The van der Waals surface area contributed by atoms with Crippen LogP contribution in [-0.2, 0) is 11.2 Å². The number of nitrogens with zero attached hydrogens (tertiary/aromatic N) is 1. The molecule has 8 nitrogen and oxygen atoms in total. The second-order valence-electron chi connectivity index (χ2n) is 7.47. The summed E-state index contributed by atoms with van der Waals surface area (Å²) in [6, 6.07) is 5.42. The summed E-state index contributed by atoms with van der Waals surface area (Å²) in [6.45, 7) is 0.970. The van der Waals surface area contributed by atoms with Gasteiger partial charge in [-0.15, -0.1) is 0 Å². The molecule has 2 heterocycles. The predicted molar refractivity (Wildman–Crippen MR) is 113 cm³/mol. The number of hydrogen-bond acceptors (Lipinski definition) is 8. The molecule has 0 aromatic heterocycles. The van der Waals surface area contributed by atoms with Gasteiger partial charge in [-0.05, 0) is 36.7 Å². The van der Waals surface area contributed by atoms with E-state index < -0.39 is 6.10 Å². The lowest BCUT2D eigenvalue weighted by Gasteiger charge is -2.40. The van der Waals surface area contributed by atoms with Crippen LogP contribution >= 0.6 is 0 Å². The van der Waals surface area contributed by atoms with Gasteiger partial charge in [0.2, 0.25) is 12.5 Å². The predicted octanol–water partition coefficient (Wildman–Crippen LogP) is 3.17. The maximum atomic E-state index is 12.1. The molecule has 166 valence electrons. The zero-order valence-corrected chi connectivity index (χ0v) is 18.4. The highest BCUT2D eigenvalue weighted by Gasteiger charge is 2.40. The minimum Gasteiger partial charge on any atom is -0.493 e. The summed E-state index contributed by atoms with van der Waals surface area (Å²) < 4.78 is 34.0. The van der Waals surface area contributed by atoms with Crippen molar-refractivity contribution in [2.75, 3.05) is 48.8 Å². The van der Waals surface area contributed by atoms with Crippen molar-refractivity contribution in [3.8, 4) is 28.7 Å². The Bertz CT molecular complexity index is 991. The number of ether oxygens (including phenoxy) is 6. The third-order valence-corrected chi connectivity index (χ3v) is 6.04. The first kappa shape index (κ1) is 21.3. The maximum Gasteiger partial charge on any atom is 0.231 e. The van der Waals surface area contributed by atoms with Crippen LogP contribution in [0.15, 0.2) is 18.2 Å². The molecule has 0 fully saturated rings. The van der Waals surface area contributed by atoms with Gasteiger partial charge >= 0.3 is 0 Å². The number of carbonyl (C=O) groups excluding carboxylic acids is 1. The zero-order valence-electron chi connectivity index (χ0n) is 18.4. The molecule has 2 aliphatic heterocycles. The first-order valence-electron chi connectivity index (χ1n) is 10.0. The van der Waals surface area contributed by atoms with E-state index in [9.17, 15) is 4.79 Å². The Labute approximate surface area is 181 Å². The van der Waals surface area contributed by atoms with E-state index in [0.29, 0.717) is 39.9 Å². The van der Waals surface area contributed by atoms with Gasteiger partial charge < -0.3 is 28.4 Å². The lowest BCUT2D eigenvalue weighted by molar-refractivity contribution is 0.0151. The lowest BCUT2D eigenvalue weighted by atomic mass is 9.84. The first-order valence-corrected chi connectivity index (χ1v) is 10.0. The van der Waals surface area contributed by atoms with E-state index in [1.54, 1.807) is 27.4 Å². The average Bonchev–Trinajstić information content (AvgIpc) is 3.27. The van der Waals surface area contributed by atoms with Crippen molar-refractivity contribution in [1.29, 1.82) is 0 Å². The molecule has 0 N–H and O–H groups in total. The Hall–Kier alpha value is -2.97. The fourth-order valence-corrected chi connectivity index (χ4v) is 4.61. The largest absolute Gasteiger partial charge is 0.493 e. The van der Waals surface area contributed by atoms with Gasteiger partial charge in [-0.3, -0.25) is 9.69 Å². The number of carbonyl (C=O) groups is 1. The number of methoxy groups -OCH3 is 4. The van der Waals surface area contributed by atoms with Crippen LogP contribution in [0.4, 0.5) is 0 Å². The summed E-state index contributed by atoms with van der Waals surface area (Å²) in [6.07, 6.45) is 1.14. The van der Waals surface area contributed by atoms with Crippen molar-refractivity contribution in [1.82, 2.24) is 4.90 Å². The quantitative estimate of drug-likeness (QED) is 0.622. The molecule has 0 amide bonds. The van der Waals surface area contributed by atoms with Crippen LogP contribution in [0.25, 0.3) is 0 Å². The van der Waals surface area contributed by atoms with Gasteiger partial charge in [0.1, 0.15) is 6.10 Å². The zero-order chi connectivity index (χ0) is 22.1.